The van der Waals surface area contributed by atoms with Crippen LogP contribution < -0.4 is 9.47 Å². The van der Waals surface area contributed by atoms with Crippen LogP contribution in [0.5, 0.6) is 11.5 Å². The highest BCUT2D eigenvalue weighted by atomic mass is 16.7. The maximum absolute atomic E-state index is 12.4. The van der Waals surface area contributed by atoms with Crippen molar-refractivity contribution in [1.29, 1.82) is 10.5 Å². The summed E-state index contributed by atoms with van der Waals surface area (Å²) in [6.07, 6.45) is -2.09. The van der Waals surface area contributed by atoms with Gasteiger partial charge in [0.2, 0.25) is 11.8 Å². The lowest BCUT2D eigenvalue weighted by atomic mass is 9.85. The van der Waals surface area contributed by atoms with E-state index in [2.05, 4.69) is 12.1 Å². The van der Waals surface area contributed by atoms with Crippen LogP contribution in [0.4, 0.5) is 0 Å². The number of nitriles is 2. The van der Waals surface area contributed by atoms with E-state index in [0.29, 0.717) is 33.8 Å². The summed E-state index contributed by atoms with van der Waals surface area (Å²) in [5, 5.41) is 42.7. The molecule has 280 valence electrons. The minimum atomic E-state index is -1.04. The Bertz CT molecular complexity index is 1890. The van der Waals surface area contributed by atoms with Gasteiger partial charge < -0.3 is 19.7 Å². The number of ether oxygens (including phenoxy) is 2. The second kappa shape index (κ2) is 16.5. The van der Waals surface area contributed by atoms with Gasteiger partial charge in [0, 0.05) is 25.0 Å². The van der Waals surface area contributed by atoms with E-state index in [4.69, 9.17) is 19.1 Å². The number of carbonyl (C=O) groups is 2. The molecule has 12 nitrogen and oxygen atoms in total. The lowest BCUT2D eigenvalue weighted by Crippen LogP contribution is -2.54. The van der Waals surface area contributed by atoms with Crippen molar-refractivity contribution >= 4 is 11.8 Å². The number of nitrogens with zero attached hydrogens (tertiary/aromatic N) is 4. The molecule has 54 heavy (non-hydrogen) atoms. The Morgan fingerprint density at radius 3 is 1.31 bits per heavy atom. The van der Waals surface area contributed by atoms with E-state index in [1.54, 1.807) is 64.1 Å². The summed E-state index contributed by atoms with van der Waals surface area (Å²) < 4.78 is 11.8. The fraction of sp³-hybridized carbons (Fsp3) is 0.333. The van der Waals surface area contributed by atoms with E-state index in [-0.39, 0.29) is 25.0 Å². The van der Waals surface area contributed by atoms with Gasteiger partial charge in [-0.2, -0.15) is 10.5 Å². The minimum Gasteiger partial charge on any atom is -0.485 e. The third-order valence-electron chi connectivity index (χ3n) is 9.24. The van der Waals surface area contributed by atoms with Crippen LogP contribution >= 0.6 is 0 Å². The zero-order valence-corrected chi connectivity index (χ0v) is 31.1. The maximum atomic E-state index is 12.4. The quantitative estimate of drug-likeness (QED) is 0.199. The lowest BCUT2D eigenvalue weighted by Gasteiger charge is -2.45. The van der Waals surface area contributed by atoms with Gasteiger partial charge in [-0.05, 0) is 75.2 Å². The molecule has 2 heterocycles. The van der Waals surface area contributed by atoms with Gasteiger partial charge in [-0.1, -0.05) is 60.7 Å². The average molecular weight is 733 g/mol. The van der Waals surface area contributed by atoms with Crippen molar-refractivity contribution in [1.82, 2.24) is 10.1 Å². The molecule has 2 aliphatic heterocycles. The van der Waals surface area contributed by atoms with Crippen molar-refractivity contribution in [2.24, 2.45) is 0 Å². The van der Waals surface area contributed by atoms with Crippen LogP contribution in [-0.2, 0) is 32.5 Å². The number of hydroxylamine groups is 4. The van der Waals surface area contributed by atoms with Crippen molar-refractivity contribution in [3.8, 4) is 23.6 Å². The van der Waals surface area contributed by atoms with Crippen molar-refractivity contribution in [3.63, 3.8) is 0 Å². The van der Waals surface area contributed by atoms with E-state index in [1.807, 2.05) is 60.7 Å². The average Bonchev–Trinajstić information content (AvgIpc) is 3.15. The molecule has 2 N–H and O–H groups in total. The summed E-state index contributed by atoms with van der Waals surface area (Å²) in [6, 6.07) is 31.4. The number of aliphatic hydroxyl groups excluding tert-OH is 2. The SMILES string of the molecule is CC(=O)N(OCc1ccccc1)[C@@H]1c2cc(C#N)ccc2OC(C)(C)[C@H]1O.CC(=O)N(OCc1ccccc1)[C@@H]1c2cc(C#N)ccc2OC(C)(C)[C@H]1O. The van der Waals surface area contributed by atoms with E-state index in [9.17, 15) is 30.3 Å². The van der Waals surface area contributed by atoms with E-state index in [1.165, 1.54) is 24.0 Å². The maximum Gasteiger partial charge on any atom is 0.243 e. The summed E-state index contributed by atoms with van der Waals surface area (Å²) in [5.41, 5.74) is 1.85. The van der Waals surface area contributed by atoms with Crippen LogP contribution in [0.2, 0.25) is 0 Å². The van der Waals surface area contributed by atoms with Crippen LogP contribution in [-0.4, -0.2) is 55.6 Å². The first-order valence-electron chi connectivity index (χ1n) is 17.4. The third kappa shape index (κ3) is 8.71. The molecule has 4 aromatic carbocycles. The highest BCUT2D eigenvalue weighted by Gasteiger charge is 2.48. The predicted molar refractivity (Wildman–Crippen MR) is 197 cm³/mol. The lowest BCUT2D eigenvalue weighted by molar-refractivity contribution is -0.232. The van der Waals surface area contributed by atoms with Gasteiger partial charge in [0.15, 0.2) is 0 Å². The number of hydrogen-bond acceptors (Lipinski definition) is 10. The minimum absolute atomic E-state index is 0.179. The number of carbonyl (C=O) groups excluding carboxylic acids is 2. The molecule has 12 heteroatoms. The number of hydrogen-bond donors (Lipinski definition) is 2. The molecule has 0 saturated heterocycles. The Morgan fingerprint density at radius 2 is 1.00 bits per heavy atom. The van der Waals surface area contributed by atoms with Crippen molar-refractivity contribution in [2.45, 2.75) is 90.2 Å². The first-order valence-corrected chi connectivity index (χ1v) is 17.4. The Labute approximate surface area is 315 Å². The van der Waals surface area contributed by atoms with E-state index < -0.39 is 35.5 Å². The normalized spacial score (nSPS) is 20.1. The molecule has 0 aromatic heterocycles. The van der Waals surface area contributed by atoms with E-state index >= 15 is 0 Å². The zero-order chi connectivity index (χ0) is 39.2. The van der Waals surface area contributed by atoms with Crippen molar-refractivity contribution in [2.75, 3.05) is 0 Å². The zero-order valence-electron chi connectivity index (χ0n) is 31.1. The van der Waals surface area contributed by atoms with Gasteiger partial charge in [0.05, 0.1) is 23.3 Å². The fourth-order valence-corrected chi connectivity index (χ4v) is 6.35. The molecule has 0 aliphatic carbocycles. The molecule has 4 atom stereocenters. The summed E-state index contributed by atoms with van der Waals surface area (Å²) in [5.74, 6) is 0.342. The van der Waals surface area contributed by atoms with Gasteiger partial charge >= 0.3 is 0 Å². The number of amides is 2. The molecule has 0 saturated carbocycles. The van der Waals surface area contributed by atoms with Gasteiger partial charge in [0.1, 0.15) is 60.2 Å². The highest BCUT2D eigenvalue weighted by molar-refractivity contribution is 5.73. The van der Waals surface area contributed by atoms with Gasteiger partial charge in [-0.25, -0.2) is 10.1 Å². The Kier molecular flexibility index (Phi) is 12.1. The standard InChI is InChI=1S/2C21H22N2O4/c2*1-14(24)23(26-13-15-7-5-4-6-8-15)19-17-11-16(12-22)9-10-18(17)27-21(2,3)20(19)25/h2*4-11,19-20,25H,13H2,1-3H3/t2*19-,20+/m11/s1. The molecule has 4 aromatic rings. The molecule has 0 bridgehead atoms. The molecular weight excluding hydrogens is 688 g/mol. The van der Waals surface area contributed by atoms with Crippen LogP contribution in [0.3, 0.4) is 0 Å². The fourth-order valence-electron chi connectivity index (χ4n) is 6.35. The van der Waals surface area contributed by atoms with E-state index in [0.717, 1.165) is 11.1 Å². The molecular formula is C42H44N4O8. The highest BCUT2D eigenvalue weighted by Crippen LogP contribution is 2.45. The Morgan fingerprint density at radius 1 is 0.648 bits per heavy atom. The smallest absolute Gasteiger partial charge is 0.243 e. The van der Waals surface area contributed by atoms with Crippen LogP contribution in [0, 0.1) is 22.7 Å². The second-order valence-corrected chi connectivity index (χ2v) is 14.1. The summed E-state index contributed by atoms with van der Waals surface area (Å²) in [7, 11) is 0. The van der Waals surface area contributed by atoms with Crippen molar-refractivity contribution < 1.29 is 39.0 Å². The Hall–Kier alpha value is -5.76. The monoisotopic (exact) mass is 732 g/mol. The number of rotatable bonds is 8. The summed E-state index contributed by atoms with van der Waals surface area (Å²) in [4.78, 5) is 36.4. The summed E-state index contributed by atoms with van der Waals surface area (Å²) >= 11 is 0. The summed E-state index contributed by atoms with van der Waals surface area (Å²) in [6.45, 7) is 10.1. The number of fused-ring (bicyclic) bond motifs is 2. The van der Waals surface area contributed by atoms with Crippen LogP contribution in [0.15, 0.2) is 97.1 Å². The molecule has 0 unspecified atom stereocenters. The first kappa shape index (κ1) is 39.4. The molecule has 2 amide bonds. The molecule has 0 spiro atoms. The molecule has 0 fully saturated rings. The van der Waals surface area contributed by atoms with Gasteiger partial charge in [0.25, 0.3) is 0 Å². The Balaban J connectivity index is 0.000000208. The molecule has 0 radical (unpaired) electrons. The van der Waals surface area contributed by atoms with Gasteiger partial charge in [-0.15, -0.1) is 0 Å². The third-order valence-corrected chi connectivity index (χ3v) is 9.24. The molecule has 2 aliphatic rings. The first-order chi connectivity index (χ1) is 25.7. The topological polar surface area (TPSA) is 166 Å². The van der Waals surface area contributed by atoms with Gasteiger partial charge in [-0.3, -0.25) is 19.3 Å². The number of aliphatic hydroxyl groups is 2. The number of benzene rings is 4. The van der Waals surface area contributed by atoms with Crippen LogP contribution in [0.25, 0.3) is 0 Å². The van der Waals surface area contributed by atoms with Crippen LogP contribution in [0.1, 0.15) is 87.0 Å². The molecule has 6 rings (SSSR count). The largest absolute Gasteiger partial charge is 0.485 e. The second-order valence-electron chi connectivity index (χ2n) is 14.1. The van der Waals surface area contributed by atoms with Crippen molar-refractivity contribution in [3.05, 3.63) is 130 Å². The predicted octanol–water partition coefficient (Wildman–Crippen LogP) is 6.22.